The highest BCUT2D eigenvalue weighted by molar-refractivity contribution is 9.09. The fourth-order valence-electron chi connectivity index (χ4n) is 1.13. The van der Waals surface area contributed by atoms with Gasteiger partial charge in [-0.05, 0) is 31.1 Å². The summed E-state index contributed by atoms with van der Waals surface area (Å²) in [6.07, 6.45) is 3.58. The van der Waals surface area contributed by atoms with Crippen molar-refractivity contribution in [2.24, 2.45) is 11.8 Å². The van der Waals surface area contributed by atoms with E-state index >= 15 is 0 Å². The molecule has 0 saturated heterocycles. The highest BCUT2D eigenvalue weighted by atomic mass is 79.9. The lowest BCUT2D eigenvalue weighted by atomic mass is 10.1. The summed E-state index contributed by atoms with van der Waals surface area (Å²) in [4.78, 5) is 0.649. The van der Waals surface area contributed by atoms with E-state index in [0.717, 1.165) is 25.0 Å². The smallest absolute Gasteiger partial charge is 0.0468 e. The molecule has 0 aliphatic rings. The molecule has 0 fully saturated rings. The van der Waals surface area contributed by atoms with E-state index in [9.17, 15) is 0 Å². The average molecular weight is 265 g/mol. The molecule has 1 unspecified atom stereocenters. The third kappa shape index (κ3) is 9.01. The van der Waals surface area contributed by atoms with Crippen LogP contribution in [-0.2, 0) is 4.74 Å². The number of hydrogen-bond acceptors (Lipinski definition) is 1. The van der Waals surface area contributed by atoms with Gasteiger partial charge in [-0.25, -0.2) is 0 Å². The predicted molar refractivity (Wildman–Crippen MR) is 67.1 cm³/mol. The first kappa shape index (κ1) is 14.4. The van der Waals surface area contributed by atoms with Gasteiger partial charge in [0.05, 0.1) is 0 Å². The number of alkyl halides is 1. The lowest BCUT2D eigenvalue weighted by Crippen LogP contribution is -2.09. The Bertz CT molecular complexity index is 123. The molecular formula is C12H25BrO. The minimum Gasteiger partial charge on any atom is -0.381 e. The zero-order valence-corrected chi connectivity index (χ0v) is 11.6. The lowest BCUT2D eigenvalue weighted by molar-refractivity contribution is 0.119. The third-order valence-electron chi connectivity index (χ3n) is 2.33. The van der Waals surface area contributed by atoms with Crippen LogP contribution in [0, 0.1) is 11.8 Å². The van der Waals surface area contributed by atoms with Crippen molar-refractivity contribution in [3.05, 3.63) is 0 Å². The van der Waals surface area contributed by atoms with Crippen molar-refractivity contribution in [3.8, 4) is 0 Å². The molecule has 0 aliphatic heterocycles. The van der Waals surface area contributed by atoms with Crippen molar-refractivity contribution in [3.63, 3.8) is 0 Å². The number of rotatable bonds is 8. The molecule has 2 heteroatoms. The predicted octanol–water partition coefficient (Wildman–Crippen LogP) is 4.25. The van der Waals surface area contributed by atoms with E-state index in [0.29, 0.717) is 4.83 Å². The monoisotopic (exact) mass is 264 g/mol. The van der Waals surface area contributed by atoms with Crippen LogP contribution < -0.4 is 0 Å². The van der Waals surface area contributed by atoms with Crippen LogP contribution in [0.15, 0.2) is 0 Å². The van der Waals surface area contributed by atoms with Crippen molar-refractivity contribution in [2.75, 3.05) is 13.2 Å². The van der Waals surface area contributed by atoms with Gasteiger partial charge in [-0.15, -0.1) is 0 Å². The largest absolute Gasteiger partial charge is 0.381 e. The SMILES string of the molecule is CC(C)CCOCCCC(Br)C(C)C. The first-order chi connectivity index (χ1) is 6.54. The normalized spacial score (nSPS) is 13.9. The number of hydrogen-bond donors (Lipinski definition) is 0. The summed E-state index contributed by atoms with van der Waals surface area (Å²) in [5.41, 5.74) is 0. The van der Waals surface area contributed by atoms with Gasteiger partial charge in [0.25, 0.3) is 0 Å². The standard InChI is InChI=1S/C12H25BrO/c1-10(2)7-9-14-8-5-6-12(13)11(3)4/h10-12H,5-9H2,1-4H3. The maximum Gasteiger partial charge on any atom is 0.0468 e. The van der Waals surface area contributed by atoms with Crippen molar-refractivity contribution >= 4 is 15.9 Å². The average Bonchev–Trinajstić information content (AvgIpc) is 2.09. The van der Waals surface area contributed by atoms with Gasteiger partial charge in [0, 0.05) is 18.0 Å². The Morgan fingerprint density at radius 2 is 1.64 bits per heavy atom. The quantitative estimate of drug-likeness (QED) is 0.471. The third-order valence-corrected chi connectivity index (χ3v) is 3.85. The minimum atomic E-state index is 0.649. The van der Waals surface area contributed by atoms with Gasteiger partial charge in [0.1, 0.15) is 0 Å². The highest BCUT2D eigenvalue weighted by Crippen LogP contribution is 2.17. The van der Waals surface area contributed by atoms with E-state index < -0.39 is 0 Å². The molecule has 0 aliphatic carbocycles. The fraction of sp³-hybridized carbons (Fsp3) is 1.00. The molecule has 0 bridgehead atoms. The van der Waals surface area contributed by atoms with Crippen LogP contribution >= 0.6 is 15.9 Å². The summed E-state index contributed by atoms with van der Waals surface area (Å²) in [5, 5.41) is 0. The zero-order valence-electron chi connectivity index (χ0n) is 10.1. The van der Waals surface area contributed by atoms with Crippen LogP contribution in [-0.4, -0.2) is 18.0 Å². The second-order valence-corrected chi connectivity index (χ2v) is 5.87. The van der Waals surface area contributed by atoms with Crippen molar-refractivity contribution < 1.29 is 4.74 Å². The van der Waals surface area contributed by atoms with Crippen LogP contribution in [0.1, 0.15) is 47.0 Å². The molecule has 1 atom stereocenters. The molecule has 86 valence electrons. The molecule has 0 N–H and O–H groups in total. The van der Waals surface area contributed by atoms with E-state index in [2.05, 4.69) is 43.6 Å². The Labute approximate surface area is 97.7 Å². The molecule has 0 aromatic carbocycles. The second kappa shape index (κ2) is 8.72. The molecular weight excluding hydrogens is 240 g/mol. The van der Waals surface area contributed by atoms with Crippen molar-refractivity contribution in [1.29, 1.82) is 0 Å². The molecule has 0 saturated carbocycles. The summed E-state index contributed by atoms with van der Waals surface area (Å²) in [5.74, 6) is 1.49. The Hall–Kier alpha value is 0.440. The van der Waals surface area contributed by atoms with Gasteiger partial charge in [0.2, 0.25) is 0 Å². The second-order valence-electron chi connectivity index (χ2n) is 4.70. The Morgan fingerprint density at radius 3 is 2.14 bits per heavy atom. The maximum absolute atomic E-state index is 5.55. The van der Waals surface area contributed by atoms with Crippen molar-refractivity contribution in [2.45, 2.75) is 51.8 Å². The molecule has 0 spiro atoms. The van der Waals surface area contributed by atoms with Crippen LogP contribution in [0.25, 0.3) is 0 Å². The number of halogens is 1. The zero-order chi connectivity index (χ0) is 11.0. The van der Waals surface area contributed by atoms with Crippen LogP contribution in [0.4, 0.5) is 0 Å². The first-order valence-electron chi connectivity index (χ1n) is 5.75. The summed E-state index contributed by atoms with van der Waals surface area (Å²) in [7, 11) is 0. The topological polar surface area (TPSA) is 9.23 Å². The van der Waals surface area contributed by atoms with Gasteiger partial charge in [0.15, 0.2) is 0 Å². The Morgan fingerprint density at radius 1 is 1.00 bits per heavy atom. The molecule has 14 heavy (non-hydrogen) atoms. The van der Waals surface area contributed by atoms with E-state index in [-0.39, 0.29) is 0 Å². The minimum absolute atomic E-state index is 0.649. The Balaban J connectivity index is 3.13. The summed E-state index contributed by atoms with van der Waals surface area (Å²) < 4.78 is 5.55. The van der Waals surface area contributed by atoms with Gasteiger partial charge >= 0.3 is 0 Å². The summed E-state index contributed by atoms with van der Waals surface area (Å²) >= 11 is 3.68. The van der Waals surface area contributed by atoms with E-state index in [4.69, 9.17) is 4.74 Å². The molecule has 1 nitrogen and oxygen atoms in total. The molecule has 0 aromatic rings. The fourth-order valence-corrected chi connectivity index (χ4v) is 1.46. The van der Waals surface area contributed by atoms with Gasteiger partial charge in [-0.1, -0.05) is 43.6 Å². The van der Waals surface area contributed by atoms with E-state index in [1.54, 1.807) is 0 Å². The van der Waals surface area contributed by atoms with Crippen LogP contribution in [0.5, 0.6) is 0 Å². The lowest BCUT2D eigenvalue weighted by Gasteiger charge is -2.13. The number of ether oxygens (including phenoxy) is 1. The van der Waals surface area contributed by atoms with Gasteiger partial charge < -0.3 is 4.74 Å². The Kier molecular flexibility index (Phi) is 9.00. The molecule has 0 rings (SSSR count). The summed E-state index contributed by atoms with van der Waals surface area (Å²) in [6.45, 7) is 10.8. The molecule has 0 heterocycles. The van der Waals surface area contributed by atoms with Gasteiger partial charge in [-0.3, -0.25) is 0 Å². The van der Waals surface area contributed by atoms with E-state index in [1.165, 1.54) is 19.3 Å². The van der Waals surface area contributed by atoms with Crippen LogP contribution in [0.2, 0.25) is 0 Å². The van der Waals surface area contributed by atoms with Crippen molar-refractivity contribution in [1.82, 2.24) is 0 Å². The highest BCUT2D eigenvalue weighted by Gasteiger charge is 2.07. The molecule has 0 amide bonds. The summed E-state index contributed by atoms with van der Waals surface area (Å²) in [6, 6.07) is 0. The molecule has 0 aromatic heterocycles. The van der Waals surface area contributed by atoms with Crippen LogP contribution in [0.3, 0.4) is 0 Å². The first-order valence-corrected chi connectivity index (χ1v) is 6.67. The molecule has 0 radical (unpaired) electrons. The maximum atomic E-state index is 5.55. The van der Waals surface area contributed by atoms with E-state index in [1.807, 2.05) is 0 Å². The van der Waals surface area contributed by atoms with Gasteiger partial charge in [-0.2, -0.15) is 0 Å².